The van der Waals surface area contributed by atoms with Crippen LogP contribution in [-0.2, 0) is 11.3 Å². The summed E-state index contributed by atoms with van der Waals surface area (Å²) in [7, 11) is 0. The number of morpholine rings is 1. The highest BCUT2D eigenvalue weighted by molar-refractivity contribution is 7.16. The lowest BCUT2D eigenvalue weighted by Gasteiger charge is -2.26. The van der Waals surface area contributed by atoms with Crippen molar-refractivity contribution in [2.75, 3.05) is 31.6 Å². The van der Waals surface area contributed by atoms with Gasteiger partial charge in [-0.1, -0.05) is 11.3 Å². The molecule has 0 atom stereocenters. The lowest BCUT2D eigenvalue weighted by Crippen LogP contribution is -2.35. The zero-order valence-electron chi connectivity index (χ0n) is 14.7. The predicted molar refractivity (Wildman–Crippen MR) is 104 cm³/mol. The van der Waals surface area contributed by atoms with E-state index in [0.717, 1.165) is 49.0 Å². The van der Waals surface area contributed by atoms with Gasteiger partial charge < -0.3 is 4.74 Å². The molecule has 138 valence electrons. The van der Waals surface area contributed by atoms with Gasteiger partial charge in [0.1, 0.15) is 0 Å². The van der Waals surface area contributed by atoms with Crippen molar-refractivity contribution in [3.63, 3.8) is 0 Å². The average molecular weight is 381 g/mol. The van der Waals surface area contributed by atoms with E-state index in [0.29, 0.717) is 10.7 Å². The van der Waals surface area contributed by atoms with Gasteiger partial charge in [0.15, 0.2) is 5.13 Å². The number of hydrogen-bond acceptors (Lipinski definition) is 7. The molecule has 7 nitrogen and oxygen atoms in total. The maximum atomic E-state index is 12.4. The molecule has 0 unspecified atom stereocenters. The van der Waals surface area contributed by atoms with Gasteiger partial charge in [0.25, 0.3) is 5.91 Å². The van der Waals surface area contributed by atoms with Crippen molar-refractivity contribution in [1.82, 2.24) is 19.9 Å². The molecule has 3 aromatic rings. The number of nitrogens with zero attached hydrogens (tertiary/aromatic N) is 4. The number of rotatable bonds is 5. The van der Waals surface area contributed by atoms with E-state index in [-0.39, 0.29) is 5.91 Å². The molecule has 0 radical (unpaired) electrons. The largest absolute Gasteiger partial charge is 0.379 e. The lowest BCUT2D eigenvalue weighted by molar-refractivity contribution is 0.0347. The number of pyridine rings is 2. The van der Waals surface area contributed by atoms with E-state index in [4.69, 9.17) is 4.74 Å². The van der Waals surface area contributed by atoms with Crippen LogP contribution in [-0.4, -0.2) is 52.1 Å². The van der Waals surface area contributed by atoms with Gasteiger partial charge in [0.05, 0.1) is 24.5 Å². The van der Waals surface area contributed by atoms with Gasteiger partial charge >= 0.3 is 0 Å². The van der Waals surface area contributed by atoms with Crippen molar-refractivity contribution < 1.29 is 9.53 Å². The summed E-state index contributed by atoms with van der Waals surface area (Å²) < 4.78 is 5.43. The van der Waals surface area contributed by atoms with Crippen molar-refractivity contribution in [3.8, 4) is 11.3 Å². The molecule has 0 aromatic carbocycles. The number of nitrogens with one attached hydrogen (secondary N) is 1. The number of carbonyl (C=O) groups excluding carboxylic acids is 1. The maximum absolute atomic E-state index is 12.4. The number of hydrogen-bond donors (Lipinski definition) is 1. The highest BCUT2D eigenvalue weighted by atomic mass is 32.1. The summed E-state index contributed by atoms with van der Waals surface area (Å²) in [4.78, 5) is 28.7. The average Bonchev–Trinajstić information content (AvgIpc) is 3.12. The number of anilines is 1. The Labute approximate surface area is 161 Å². The first-order valence-corrected chi connectivity index (χ1v) is 9.53. The third-order valence-corrected chi connectivity index (χ3v) is 5.20. The van der Waals surface area contributed by atoms with Crippen molar-refractivity contribution in [1.29, 1.82) is 0 Å². The van der Waals surface area contributed by atoms with E-state index in [9.17, 15) is 4.79 Å². The normalized spacial score (nSPS) is 14.8. The highest BCUT2D eigenvalue weighted by Crippen LogP contribution is 2.32. The zero-order chi connectivity index (χ0) is 18.5. The number of ether oxygens (including phenoxy) is 1. The molecule has 8 heteroatoms. The zero-order valence-corrected chi connectivity index (χ0v) is 15.5. The fourth-order valence-corrected chi connectivity index (χ4v) is 3.89. The van der Waals surface area contributed by atoms with Crippen molar-refractivity contribution in [3.05, 3.63) is 59.5 Å². The van der Waals surface area contributed by atoms with Gasteiger partial charge in [-0.05, 0) is 24.3 Å². The van der Waals surface area contributed by atoms with Gasteiger partial charge in [0, 0.05) is 54.9 Å². The van der Waals surface area contributed by atoms with Gasteiger partial charge in [-0.2, -0.15) is 0 Å². The topological polar surface area (TPSA) is 80.2 Å². The van der Waals surface area contributed by atoms with Crippen LogP contribution in [0.5, 0.6) is 0 Å². The van der Waals surface area contributed by atoms with E-state index < -0.39 is 0 Å². The molecule has 1 amide bonds. The molecule has 4 rings (SSSR count). The van der Waals surface area contributed by atoms with Gasteiger partial charge in [-0.3, -0.25) is 25.0 Å². The minimum Gasteiger partial charge on any atom is -0.379 e. The Balaban J connectivity index is 1.60. The van der Waals surface area contributed by atoms with Crippen molar-refractivity contribution >= 4 is 22.4 Å². The molecule has 1 N–H and O–H groups in total. The van der Waals surface area contributed by atoms with Crippen LogP contribution in [0.3, 0.4) is 0 Å². The number of aromatic nitrogens is 3. The highest BCUT2D eigenvalue weighted by Gasteiger charge is 2.19. The number of amides is 1. The Hall–Kier alpha value is -2.68. The molecule has 1 aliphatic heterocycles. The summed E-state index contributed by atoms with van der Waals surface area (Å²) in [5.41, 5.74) is 2.31. The first-order chi connectivity index (χ1) is 13.3. The molecular formula is C19H19N5O2S. The smallest absolute Gasteiger partial charge is 0.259 e. The van der Waals surface area contributed by atoms with E-state index in [2.05, 4.69) is 25.2 Å². The quantitative estimate of drug-likeness (QED) is 0.732. The molecule has 1 saturated heterocycles. The SMILES string of the molecule is O=C(Nc1nc(-c2cccnc2)c(CN2CCOCC2)s1)c1cccnc1. The second-order valence-corrected chi connectivity index (χ2v) is 7.20. The molecule has 0 saturated carbocycles. The first kappa shape index (κ1) is 17.7. The Bertz CT molecular complexity index is 895. The van der Waals surface area contributed by atoms with Crippen LogP contribution in [0.2, 0.25) is 0 Å². The Kier molecular flexibility index (Phi) is 5.47. The second kappa shape index (κ2) is 8.34. The standard InChI is InChI=1S/C19H19N5O2S/c25-18(15-4-2-6-21-12-15)23-19-22-17(14-3-1-5-20-11-14)16(27-19)13-24-7-9-26-10-8-24/h1-6,11-12H,7-10,13H2,(H,22,23,25). The van der Waals surface area contributed by atoms with Crippen LogP contribution in [0.1, 0.15) is 15.2 Å². The predicted octanol–water partition coefficient (Wildman–Crippen LogP) is 2.68. The third kappa shape index (κ3) is 4.36. The van der Waals surface area contributed by atoms with Crippen LogP contribution in [0, 0.1) is 0 Å². The van der Waals surface area contributed by atoms with Gasteiger partial charge in [-0.25, -0.2) is 4.98 Å². The maximum Gasteiger partial charge on any atom is 0.259 e. The lowest BCUT2D eigenvalue weighted by atomic mass is 10.2. The molecule has 0 spiro atoms. The summed E-state index contributed by atoms with van der Waals surface area (Å²) in [6.07, 6.45) is 6.72. The minimum atomic E-state index is -0.215. The molecule has 1 aliphatic rings. The number of thiazole rings is 1. The summed E-state index contributed by atoms with van der Waals surface area (Å²) in [5, 5.41) is 3.47. The molecule has 0 bridgehead atoms. The van der Waals surface area contributed by atoms with Gasteiger partial charge in [0.2, 0.25) is 0 Å². The van der Waals surface area contributed by atoms with Crippen LogP contribution in [0.15, 0.2) is 49.1 Å². The summed E-state index contributed by atoms with van der Waals surface area (Å²) >= 11 is 1.50. The Morgan fingerprint density at radius 3 is 2.63 bits per heavy atom. The van der Waals surface area contributed by atoms with Crippen LogP contribution in [0.25, 0.3) is 11.3 Å². The van der Waals surface area contributed by atoms with E-state index in [1.165, 1.54) is 11.3 Å². The Morgan fingerprint density at radius 1 is 1.15 bits per heavy atom. The monoisotopic (exact) mass is 381 g/mol. The first-order valence-electron chi connectivity index (χ1n) is 8.71. The Morgan fingerprint density at radius 2 is 1.93 bits per heavy atom. The summed E-state index contributed by atoms with van der Waals surface area (Å²) in [6.45, 7) is 4.04. The fourth-order valence-electron chi connectivity index (χ4n) is 2.87. The molecule has 27 heavy (non-hydrogen) atoms. The fraction of sp³-hybridized carbons (Fsp3) is 0.263. The van der Waals surface area contributed by atoms with Crippen molar-refractivity contribution in [2.45, 2.75) is 6.54 Å². The van der Waals surface area contributed by atoms with Gasteiger partial charge in [-0.15, -0.1) is 0 Å². The van der Waals surface area contributed by atoms with Crippen LogP contribution in [0.4, 0.5) is 5.13 Å². The van der Waals surface area contributed by atoms with Crippen molar-refractivity contribution in [2.24, 2.45) is 0 Å². The van der Waals surface area contributed by atoms with E-state index >= 15 is 0 Å². The van der Waals surface area contributed by atoms with Crippen LogP contribution < -0.4 is 5.32 Å². The van der Waals surface area contributed by atoms with E-state index in [1.54, 1.807) is 36.9 Å². The minimum absolute atomic E-state index is 0.215. The molecular weight excluding hydrogens is 362 g/mol. The molecule has 3 aromatic heterocycles. The van der Waals surface area contributed by atoms with E-state index in [1.807, 2.05) is 12.1 Å². The van der Waals surface area contributed by atoms with Crippen LogP contribution >= 0.6 is 11.3 Å². The molecule has 1 fully saturated rings. The summed E-state index contributed by atoms with van der Waals surface area (Å²) in [6, 6.07) is 7.34. The third-order valence-electron chi connectivity index (χ3n) is 4.25. The number of carbonyl (C=O) groups is 1. The second-order valence-electron chi connectivity index (χ2n) is 6.12. The molecule has 0 aliphatic carbocycles. The molecule has 4 heterocycles. The summed E-state index contributed by atoms with van der Waals surface area (Å²) in [5.74, 6) is -0.215.